The monoisotopic (exact) mass is 426 g/mol. The van der Waals surface area contributed by atoms with Gasteiger partial charge < -0.3 is 14.4 Å². The molecule has 0 saturated carbocycles. The van der Waals surface area contributed by atoms with Crippen molar-refractivity contribution < 1.29 is 14.2 Å². The van der Waals surface area contributed by atoms with Crippen LogP contribution in [0.25, 0.3) is 16.8 Å². The minimum absolute atomic E-state index is 0.121. The number of halogens is 3. The van der Waals surface area contributed by atoms with Gasteiger partial charge >= 0.3 is 5.69 Å². The van der Waals surface area contributed by atoms with E-state index in [0.717, 1.165) is 6.07 Å². The third-order valence-corrected chi connectivity index (χ3v) is 4.67. The Morgan fingerprint density at radius 2 is 1.96 bits per heavy atom. The van der Waals surface area contributed by atoms with E-state index in [1.165, 1.54) is 22.3 Å². The van der Waals surface area contributed by atoms with E-state index in [-0.39, 0.29) is 26.5 Å². The van der Waals surface area contributed by atoms with Gasteiger partial charge in [-0.05, 0) is 45.8 Å². The molecule has 130 valence electrons. The van der Waals surface area contributed by atoms with E-state index in [9.17, 15) is 14.3 Å². The molecule has 0 unspecified atom stereocenters. The molecule has 1 aromatic heterocycles. The first kappa shape index (κ1) is 17.6. The Bertz CT molecular complexity index is 1030. The summed E-state index contributed by atoms with van der Waals surface area (Å²) >= 11 is 9.48. The molecule has 0 bridgehead atoms. The van der Waals surface area contributed by atoms with Crippen molar-refractivity contribution >= 4 is 27.5 Å². The van der Waals surface area contributed by atoms with Gasteiger partial charge in [-0.2, -0.15) is 0 Å². The Hall–Kier alpha value is -2.25. The maximum absolute atomic E-state index is 13.7. The van der Waals surface area contributed by atoms with Crippen molar-refractivity contribution in [3.63, 3.8) is 0 Å². The van der Waals surface area contributed by atoms with Crippen molar-refractivity contribution in [1.82, 2.24) is 9.13 Å². The molecule has 0 aliphatic heterocycles. The number of imidazole rings is 1. The summed E-state index contributed by atoms with van der Waals surface area (Å²) in [5.41, 5.74) is 0.782. The lowest BCUT2D eigenvalue weighted by atomic mass is 10.0. The second-order valence-corrected chi connectivity index (χ2v) is 6.62. The van der Waals surface area contributed by atoms with Crippen LogP contribution >= 0.6 is 27.5 Å². The van der Waals surface area contributed by atoms with Gasteiger partial charge in [-0.3, -0.25) is 4.57 Å². The standard InChI is InChI=1S/C17H13BrClFN2O3/c1-21-3-4-22(17(21)24)15-13(19)5-9(6-14(15)25-2)11-7-10(20)8-12(18)16(11)23/h3-8,23H,1-2H3. The summed E-state index contributed by atoms with van der Waals surface area (Å²) in [6.07, 6.45) is 3.17. The minimum atomic E-state index is -0.516. The predicted octanol–water partition coefficient (Wildman–Crippen LogP) is 4.11. The van der Waals surface area contributed by atoms with Crippen LogP contribution in [-0.4, -0.2) is 21.4 Å². The largest absolute Gasteiger partial charge is 0.506 e. The van der Waals surface area contributed by atoms with Crippen LogP contribution in [0.15, 0.2) is 45.9 Å². The molecule has 5 nitrogen and oxygen atoms in total. The van der Waals surface area contributed by atoms with E-state index in [2.05, 4.69) is 15.9 Å². The van der Waals surface area contributed by atoms with Crippen LogP contribution in [-0.2, 0) is 7.05 Å². The van der Waals surface area contributed by atoms with Gasteiger partial charge in [0.05, 0.1) is 16.6 Å². The highest BCUT2D eigenvalue weighted by atomic mass is 79.9. The molecular weight excluding hydrogens is 415 g/mol. The predicted molar refractivity (Wildman–Crippen MR) is 97.3 cm³/mol. The van der Waals surface area contributed by atoms with Crippen LogP contribution in [0.3, 0.4) is 0 Å². The highest BCUT2D eigenvalue weighted by Gasteiger charge is 2.18. The van der Waals surface area contributed by atoms with Crippen molar-refractivity contribution in [2.45, 2.75) is 0 Å². The quantitative estimate of drug-likeness (QED) is 0.684. The molecule has 0 fully saturated rings. The number of rotatable bonds is 3. The van der Waals surface area contributed by atoms with Gasteiger partial charge in [0, 0.05) is 25.0 Å². The molecule has 0 atom stereocenters. The lowest BCUT2D eigenvalue weighted by Crippen LogP contribution is -2.21. The number of aromatic nitrogens is 2. The number of methoxy groups -OCH3 is 1. The number of hydrogen-bond donors (Lipinski definition) is 1. The zero-order chi connectivity index (χ0) is 18.3. The Labute approximate surface area is 156 Å². The van der Waals surface area contributed by atoms with E-state index in [1.54, 1.807) is 31.6 Å². The van der Waals surface area contributed by atoms with Crippen molar-refractivity contribution in [1.29, 1.82) is 0 Å². The van der Waals surface area contributed by atoms with E-state index in [4.69, 9.17) is 16.3 Å². The fourth-order valence-electron chi connectivity index (χ4n) is 2.54. The van der Waals surface area contributed by atoms with Crippen LogP contribution in [0.1, 0.15) is 0 Å². The van der Waals surface area contributed by atoms with E-state index in [1.807, 2.05) is 0 Å². The highest BCUT2D eigenvalue weighted by molar-refractivity contribution is 9.10. The molecule has 0 aliphatic rings. The number of phenols is 1. The molecule has 25 heavy (non-hydrogen) atoms. The first-order valence-electron chi connectivity index (χ1n) is 7.13. The summed E-state index contributed by atoms with van der Waals surface area (Å²) in [4.78, 5) is 12.2. The van der Waals surface area contributed by atoms with Gasteiger partial charge in [0.25, 0.3) is 0 Å². The normalized spacial score (nSPS) is 10.9. The number of phenolic OH excluding ortho intramolecular Hbond substituents is 1. The van der Waals surface area contributed by atoms with Crippen LogP contribution in [0.5, 0.6) is 11.5 Å². The Kier molecular flexibility index (Phi) is 4.62. The van der Waals surface area contributed by atoms with Crippen molar-refractivity contribution in [3.8, 4) is 28.3 Å². The van der Waals surface area contributed by atoms with E-state index in [0.29, 0.717) is 17.0 Å². The average molecular weight is 428 g/mol. The molecule has 0 amide bonds. The Balaban J connectivity index is 2.26. The van der Waals surface area contributed by atoms with Crippen LogP contribution in [0.2, 0.25) is 5.02 Å². The summed E-state index contributed by atoms with van der Waals surface area (Å²) in [6.45, 7) is 0. The smallest absolute Gasteiger partial charge is 0.332 e. The van der Waals surface area contributed by atoms with Gasteiger partial charge in [-0.25, -0.2) is 9.18 Å². The lowest BCUT2D eigenvalue weighted by molar-refractivity contribution is 0.412. The summed E-state index contributed by atoms with van der Waals surface area (Å²) in [6, 6.07) is 5.48. The number of ether oxygens (including phenoxy) is 1. The Morgan fingerprint density at radius 3 is 2.56 bits per heavy atom. The second kappa shape index (κ2) is 6.57. The minimum Gasteiger partial charge on any atom is -0.506 e. The van der Waals surface area contributed by atoms with E-state index >= 15 is 0 Å². The van der Waals surface area contributed by atoms with Gasteiger partial charge in [0.1, 0.15) is 23.0 Å². The summed E-state index contributed by atoms with van der Waals surface area (Å²) < 4.78 is 22.1. The third kappa shape index (κ3) is 3.05. The van der Waals surface area contributed by atoms with Crippen LogP contribution < -0.4 is 10.4 Å². The average Bonchev–Trinajstić information content (AvgIpc) is 2.89. The van der Waals surface area contributed by atoms with Gasteiger partial charge in [-0.15, -0.1) is 0 Å². The fraction of sp³-hybridized carbons (Fsp3) is 0.118. The molecule has 2 aromatic carbocycles. The number of hydrogen-bond acceptors (Lipinski definition) is 3. The molecule has 0 saturated heterocycles. The summed E-state index contributed by atoms with van der Waals surface area (Å²) in [5.74, 6) is -0.321. The van der Waals surface area contributed by atoms with Gasteiger partial charge in [-0.1, -0.05) is 11.6 Å². The Morgan fingerprint density at radius 1 is 1.24 bits per heavy atom. The van der Waals surface area contributed by atoms with Gasteiger partial charge in [0.2, 0.25) is 0 Å². The zero-order valence-electron chi connectivity index (χ0n) is 13.3. The molecule has 1 heterocycles. The van der Waals surface area contributed by atoms with Crippen molar-refractivity contribution in [2.75, 3.05) is 7.11 Å². The maximum atomic E-state index is 13.7. The molecule has 0 spiro atoms. The van der Waals surface area contributed by atoms with Gasteiger partial charge in [0.15, 0.2) is 0 Å². The topological polar surface area (TPSA) is 56.4 Å². The van der Waals surface area contributed by atoms with Crippen LogP contribution in [0.4, 0.5) is 4.39 Å². The lowest BCUT2D eigenvalue weighted by Gasteiger charge is -2.14. The molecule has 0 aliphatic carbocycles. The first-order valence-corrected chi connectivity index (χ1v) is 8.31. The van der Waals surface area contributed by atoms with Crippen LogP contribution in [0, 0.1) is 5.82 Å². The number of benzene rings is 2. The molecule has 8 heteroatoms. The van der Waals surface area contributed by atoms with E-state index < -0.39 is 5.82 Å². The number of aromatic hydroxyl groups is 1. The first-order chi connectivity index (χ1) is 11.8. The SMILES string of the molecule is COc1cc(-c2cc(F)cc(Br)c2O)cc(Cl)c1-n1ccn(C)c1=O. The summed E-state index contributed by atoms with van der Waals surface area (Å²) in [7, 11) is 3.06. The molecular formula is C17H13BrClFN2O3. The molecule has 0 radical (unpaired) electrons. The van der Waals surface area contributed by atoms with Crippen molar-refractivity contribution in [3.05, 3.63) is 62.5 Å². The fourth-order valence-corrected chi connectivity index (χ4v) is 3.27. The third-order valence-electron chi connectivity index (χ3n) is 3.78. The molecule has 1 N–H and O–H groups in total. The number of nitrogens with zero attached hydrogens (tertiary/aromatic N) is 2. The highest BCUT2D eigenvalue weighted by Crippen LogP contribution is 2.41. The summed E-state index contributed by atoms with van der Waals surface area (Å²) in [5, 5.41) is 10.4. The molecule has 3 rings (SSSR count). The molecule has 3 aromatic rings. The number of aryl methyl sites for hydroxylation is 1. The van der Waals surface area contributed by atoms with Crippen molar-refractivity contribution in [2.24, 2.45) is 7.05 Å². The second-order valence-electron chi connectivity index (χ2n) is 5.35. The zero-order valence-corrected chi connectivity index (χ0v) is 15.6. The maximum Gasteiger partial charge on any atom is 0.332 e.